The molecule has 0 radical (unpaired) electrons. The zero-order valence-corrected chi connectivity index (χ0v) is 18.6. The van der Waals surface area contributed by atoms with Crippen LogP contribution in [0.3, 0.4) is 0 Å². The highest BCUT2D eigenvalue weighted by molar-refractivity contribution is 5.73. The van der Waals surface area contributed by atoms with E-state index in [-0.39, 0.29) is 5.41 Å². The molecule has 2 saturated heterocycles. The van der Waals surface area contributed by atoms with Crippen molar-refractivity contribution < 1.29 is 55.3 Å². The molecule has 2 fully saturated rings. The molecule has 0 unspecified atom stereocenters. The monoisotopic (exact) mass is 527 g/mol. The number of ether oxygens (including phenoxy) is 1. The second-order valence-corrected chi connectivity index (χ2v) is 8.00. The molecule has 0 aromatic carbocycles. The Morgan fingerprint density at radius 1 is 1.08 bits per heavy atom. The summed E-state index contributed by atoms with van der Waals surface area (Å²) in [6.07, 6.45) is -6.60. The Kier molecular flexibility index (Phi) is 9.69. The number of halogens is 6. The highest BCUT2D eigenvalue weighted by Gasteiger charge is 2.50. The third-order valence-electron chi connectivity index (χ3n) is 5.32. The van der Waals surface area contributed by atoms with Crippen molar-refractivity contribution in [2.45, 2.75) is 18.9 Å². The van der Waals surface area contributed by atoms with Gasteiger partial charge in [0.25, 0.3) is 0 Å². The topological polar surface area (TPSA) is 125 Å². The van der Waals surface area contributed by atoms with Crippen molar-refractivity contribution in [2.24, 2.45) is 11.3 Å². The number of hydrogen-bond acceptors (Lipinski definition) is 7. The van der Waals surface area contributed by atoms with Crippen molar-refractivity contribution in [3.63, 3.8) is 0 Å². The van der Waals surface area contributed by atoms with E-state index in [4.69, 9.17) is 29.0 Å². The van der Waals surface area contributed by atoms with Gasteiger partial charge in [-0.15, -0.1) is 0 Å². The summed E-state index contributed by atoms with van der Waals surface area (Å²) >= 11 is 0. The molecule has 15 heteroatoms. The molecule has 200 valence electrons. The predicted molar refractivity (Wildman–Crippen MR) is 111 cm³/mol. The van der Waals surface area contributed by atoms with Gasteiger partial charge in [-0.1, -0.05) is 6.07 Å². The fraction of sp³-hybridized carbons (Fsp3) is 0.476. The summed E-state index contributed by atoms with van der Waals surface area (Å²) in [5.74, 6) is -2.96. The number of rotatable bonds is 5. The number of fused-ring (bicyclic) bond motifs is 1. The zero-order chi connectivity index (χ0) is 27.0. The number of nitrogens with zero attached hydrogens (tertiary/aromatic N) is 2. The zero-order valence-electron chi connectivity index (χ0n) is 18.6. The van der Waals surface area contributed by atoms with E-state index in [9.17, 15) is 26.3 Å². The second kappa shape index (κ2) is 12.1. The van der Waals surface area contributed by atoms with E-state index in [1.165, 1.54) is 0 Å². The lowest BCUT2D eigenvalue weighted by molar-refractivity contribution is -0.193. The number of anilines is 1. The largest absolute Gasteiger partial charge is 0.490 e. The van der Waals surface area contributed by atoms with Crippen LogP contribution in [0, 0.1) is 11.3 Å². The first-order chi connectivity index (χ1) is 16.7. The van der Waals surface area contributed by atoms with Gasteiger partial charge in [0.1, 0.15) is 11.6 Å². The number of furan rings is 1. The number of carboxylic acids is 2. The molecule has 2 atom stereocenters. The number of hydrogen-bond donors (Lipinski definition) is 3. The van der Waals surface area contributed by atoms with Gasteiger partial charge >= 0.3 is 24.3 Å². The van der Waals surface area contributed by atoms with Crippen LogP contribution in [0.4, 0.5) is 32.2 Å². The number of alkyl halides is 6. The summed E-state index contributed by atoms with van der Waals surface area (Å²) in [7, 11) is 0. The standard InChI is InChI=1S/C17H21N3O2.2C2HF3O2/c1-2-6-18-16(5-1)19-11-17-12-20(8-14(17)10-21-13-17)9-15-4-3-7-22-15;2*3-2(4,5)1(6)7/h1-7,14H,8-13H2,(H,18,19);2*(H,6,7)/t14-,17+;;/m1../s1. The van der Waals surface area contributed by atoms with Gasteiger partial charge < -0.3 is 24.7 Å². The quantitative estimate of drug-likeness (QED) is 0.501. The summed E-state index contributed by atoms with van der Waals surface area (Å²) in [6.45, 7) is 5.59. The van der Waals surface area contributed by atoms with E-state index < -0.39 is 24.3 Å². The number of aromatic nitrogens is 1. The van der Waals surface area contributed by atoms with Crippen molar-refractivity contribution in [1.29, 1.82) is 0 Å². The first-order valence-electron chi connectivity index (χ1n) is 10.3. The number of nitrogens with one attached hydrogen (secondary N) is 1. The highest BCUT2D eigenvalue weighted by Crippen LogP contribution is 2.41. The fourth-order valence-corrected chi connectivity index (χ4v) is 3.67. The van der Waals surface area contributed by atoms with Crippen molar-refractivity contribution in [3.8, 4) is 0 Å². The van der Waals surface area contributed by atoms with Crippen LogP contribution in [0.25, 0.3) is 0 Å². The van der Waals surface area contributed by atoms with E-state index in [2.05, 4.69) is 15.2 Å². The number of aliphatic carboxylic acids is 2. The van der Waals surface area contributed by atoms with Crippen LogP contribution in [0.1, 0.15) is 5.76 Å². The number of carbonyl (C=O) groups is 2. The van der Waals surface area contributed by atoms with Crippen molar-refractivity contribution in [1.82, 2.24) is 9.88 Å². The van der Waals surface area contributed by atoms with Crippen LogP contribution in [-0.4, -0.2) is 77.2 Å². The molecule has 4 heterocycles. The molecule has 0 spiro atoms. The van der Waals surface area contributed by atoms with Gasteiger partial charge in [0.05, 0.1) is 26.0 Å². The Morgan fingerprint density at radius 2 is 1.72 bits per heavy atom. The van der Waals surface area contributed by atoms with Gasteiger partial charge in [-0.25, -0.2) is 14.6 Å². The summed E-state index contributed by atoms with van der Waals surface area (Å²) < 4.78 is 74.7. The molecule has 9 nitrogen and oxygen atoms in total. The number of pyridine rings is 1. The van der Waals surface area contributed by atoms with Crippen LogP contribution in [0.5, 0.6) is 0 Å². The summed E-state index contributed by atoms with van der Waals surface area (Å²) in [6, 6.07) is 9.95. The maximum atomic E-state index is 10.6. The van der Waals surface area contributed by atoms with Gasteiger partial charge in [0.2, 0.25) is 0 Å². The lowest BCUT2D eigenvalue weighted by Gasteiger charge is -2.27. The minimum Gasteiger partial charge on any atom is -0.475 e. The smallest absolute Gasteiger partial charge is 0.475 e. The Balaban J connectivity index is 0.000000271. The van der Waals surface area contributed by atoms with Crippen LogP contribution >= 0.6 is 0 Å². The molecule has 0 bridgehead atoms. The predicted octanol–water partition coefficient (Wildman–Crippen LogP) is 3.50. The van der Waals surface area contributed by atoms with E-state index in [0.29, 0.717) is 5.92 Å². The van der Waals surface area contributed by atoms with Crippen LogP contribution in [0.2, 0.25) is 0 Å². The van der Waals surface area contributed by atoms with Gasteiger partial charge in [-0.2, -0.15) is 26.3 Å². The Morgan fingerprint density at radius 3 is 2.22 bits per heavy atom. The average Bonchev–Trinajstić information content (AvgIpc) is 3.49. The van der Waals surface area contributed by atoms with Gasteiger partial charge in [-0.3, -0.25) is 4.90 Å². The maximum Gasteiger partial charge on any atom is 0.490 e. The minimum atomic E-state index is -5.08. The summed E-state index contributed by atoms with van der Waals surface area (Å²) in [4.78, 5) is 24.6. The average molecular weight is 527 g/mol. The van der Waals surface area contributed by atoms with Gasteiger partial charge in [0, 0.05) is 37.2 Å². The fourth-order valence-electron chi connectivity index (χ4n) is 3.67. The van der Waals surface area contributed by atoms with E-state index in [1.54, 1.807) is 6.26 Å². The lowest BCUT2D eigenvalue weighted by Crippen LogP contribution is -2.37. The lowest BCUT2D eigenvalue weighted by atomic mass is 9.81. The third-order valence-corrected chi connectivity index (χ3v) is 5.32. The molecule has 2 aromatic rings. The molecular formula is C21H23F6N3O6. The molecule has 0 aliphatic carbocycles. The summed E-state index contributed by atoms with van der Waals surface area (Å²) in [5.41, 5.74) is 0.185. The summed E-state index contributed by atoms with van der Waals surface area (Å²) in [5, 5.41) is 17.7. The Bertz CT molecular complexity index is 947. The molecule has 2 aliphatic heterocycles. The van der Waals surface area contributed by atoms with Gasteiger partial charge in [-0.05, 0) is 24.3 Å². The first kappa shape index (κ1) is 28.9. The molecule has 0 saturated carbocycles. The molecule has 3 N–H and O–H groups in total. The SMILES string of the molecule is O=C(O)C(F)(F)F.O=C(O)C(F)(F)F.c1ccc(NC[C@]23COC[C@H]2CN(Cc2ccco2)C3)nc1. The van der Waals surface area contributed by atoms with Crippen molar-refractivity contribution >= 4 is 17.8 Å². The first-order valence-corrected chi connectivity index (χ1v) is 10.3. The van der Waals surface area contributed by atoms with Crippen LogP contribution in [-0.2, 0) is 20.9 Å². The van der Waals surface area contributed by atoms with Crippen molar-refractivity contribution in [3.05, 3.63) is 48.6 Å². The van der Waals surface area contributed by atoms with Gasteiger partial charge in [0.15, 0.2) is 0 Å². The maximum absolute atomic E-state index is 10.6. The number of carboxylic acid groups (broad SMARTS) is 2. The Hall–Kier alpha value is -3.33. The van der Waals surface area contributed by atoms with E-state index in [1.807, 2.05) is 36.5 Å². The second-order valence-electron chi connectivity index (χ2n) is 8.00. The molecule has 36 heavy (non-hydrogen) atoms. The normalized spacial score (nSPS) is 21.4. The van der Waals surface area contributed by atoms with E-state index >= 15 is 0 Å². The minimum absolute atomic E-state index is 0.185. The molecule has 2 aromatic heterocycles. The highest BCUT2D eigenvalue weighted by atomic mass is 19.4. The van der Waals surface area contributed by atoms with Crippen LogP contribution < -0.4 is 5.32 Å². The molecule has 4 rings (SSSR count). The molecule has 0 amide bonds. The Labute approximate surface area is 200 Å². The molecular weight excluding hydrogens is 504 g/mol. The van der Waals surface area contributed by atoms with Crippen molar-refractivity contribution in [2.75, 3.05) is 38.2 Å². The van der Waals surface area contributed by atoms with Crippen LogP contribution in [0.15, 0.2) is 47.2 Å². The molecule has 2 aliphatic rings. The van der Waals surface area contributed by atoms with E-state index in [0.717, 1.165) is 51.0 Å². The third kappa shape index (κ3) is 8.71. The number of likely N-dealkylation sites (tertiary alicyclic amines) is 1.